The van der Waals surface area contributed by atoms with Gasteiger partial charge in [0.15, 0.2) is 0 Å². The summed E-state index contributed by atoms with van der Waals surface area (Å²) in [7, 11) is 0. The van der Waals surface area contributed by atoms with E-state index in [0.29, 0.717) is 18.6 Å². The molecule has 7 heteroatoms. The average Bonchev–Trinajstić information content (AvgIpc) is 2.82. The molecular formula is C17H26O7. The molecule has 1 aliphatic rings. The fraction of sp³-hybridized carbons (Fsp3) is 0.706. The van der Waals surface area contributed by atoms with Gasteiger partial charge in [0.05, 0.1) is 6.61 Å². The normalized spacial score (nSPS) is 17.9. The van der Waals surface area contributed by atoms with Crippen molar-refractivity contribution >= 4 is 17.9 Å². The van der Waals surface area contributed by atoms with E-state index in [2.05, 4.69) is 4.74 Å². The largest absolute Gasteiger partial charge is 0.466 e. The number of esters is 3. The molecule has 1 heterocycles. The van der Waals surface area contributed by atoms with Crippen LogP contribution in [0.4, 0.5) is 0 Å². The third kappa shape index (κ3) is 8.10. The molecule has 2 atom stereocenters. The molecule has 24 heavy (non-hydrogen) atoms. The number of hydrogen-bond acceptors (Lipinski definition) is 7. The van der Waals surface area contributed by atoms with E-state index in [9.17, 15) is 19.5 Å². The Bertz CT molecular complexity index is 470. The van der Waals surface area contributed by atoms with Crippen molar-refractivity contribution < 1.29 is 33.7 Å². The topological polar surface area (TPSA) is 99.1 Å². The Labute approximate surface area is 142 Å². The lowest BCUT2D eigenvalue weighted by atomic mass is 10.0. The molecule has 136 valence electrons. The zero-order valence-electron chi connectivity index (χ0n) is 14.3. The van der Waals surface area contributed by atoms with Crippen LogP contribution >= 0.6 is 0 Å². The number of hydrogen-bond donors (Lipinski definition) is 1. The van der Waals surface area contributed by atoms with Gasteiger partial charge in [-0.1, -0.05) is 25.7 Å². The molecular weight excluding hydrogens is 316 g/mol. The van der Waals surface area contributed by atoms with Crippen molar-refractivity contribution in [3.8, 4) is 0 Å². The Morgan fingerprint density at radius 3 is 2.29 bits per heavy atom. The lowest BCUT2D eigenvalue weighted by molar-refractivity contribution is -0.154. The summed E-state index contributed by atoms with van der Waals surface area (Å²) in [6.07, 6.45) is 5.41. The number of ether oxygens (including phenoxy) is 3. The van der Waals surface area contributed by atoms with Gasteiger partial charge in [0.2, 0.25) is 6.29 Å². The van der Waals surface area contributed by atoms with Gasteiger partial charge in [0.1, 0.15) is 6.10 Å². The highest BCUT2D eigenvalue weighted by Gasteiger charge is 2.31. The zero-order valence-corrected chi connectivity index (χ0v) is 14.3. The first-order valence-corrected chi connectivity index (χ1v) is 8.31. The van der Waals surface area contributed by atoms with Gasteiger partial charge >= 0.3 is 17.9 Å². The molecule has 2 unspecified atom stereocenters. The van der Waals surface area contributed by atoms with Crippen LogP contribution in [0.3, 0.4) is 0 Å². The van der Waals surface area contributed by atoms with Gasteiger partial charge in [0, 0.05) is 25.5 Å². The fourth-order valence-electron chi connectivity index (χ4n) is 2.52. The predicted molar refractivity (Wildman–Crippen MR) is 84.7 cm³/mol. The monoisotopic (exact) mass is 342 g/mol. The van der Waals surface area contributed by atoms with Gasteiger partial charge < -0.3 is 19.3 Å². The minimum Gasteiger partial charge on any atom is -0.466 e. The smallest absolute Gasteiger partial charge is 0.333 e. The van der Waals surface area contributed by atoms with E-state index < -0.39 is 24.3 Å². The van der Waals surface area contributed by atoms with Crippen LogP contribution in [-0.4, -0.2) is 42.0 Å². The van der Waals surface area contributed by atoms with Gasteiger partial charge in [0.25, 0.3) is 0 Å². The molecule has 0 fully saturated rings. The van der Waals surface area contributed by atoms with Crippen LogP contribution in [-0.2, 0) is 28.6 Å². The second kappa shape index (κ2) is 10.8. The standard InChI is InChI=1S/C17H26O7/c1-12(18)22-10-8-6-4-3-5-7-9-15(23-13(2)19)14-11-16(20)24-17(14)21/h11,15,17,21H,3-10H2,1-2H3. The summed E-state index contributed by atoms with van der Waals surface area (Å²) in [5, 5.41) is 9.67. The first-order valence-electron chi connectivity index (χ1n) is 8.31. The van der Waals surface area contributed by atoms with E-state index in [1.54, 1.807) is 0 Å². The highest BCUT2D eigenvalue weighted by molar-refractivity contribution is 5.86. The predicted octanol–water partition coefficient (Wildman–Crippen LogP) is 2.01. The number of cyclic esters (lactones) is 1. The van der Waals surface area contributed by atoms with Crippen molar-refractivity contribution in [2.75, 3.05) is 6.61 Å². The summed E-state index contributed by atoms with van der Waals surface area (Å²) >= 11 is 0. The SMILES string of the molecule is CC(=O)OCCCCCCCCC(OC(C)=O)C1=CC(=O)OC1O. The highest BCUT2D eigenvalue weighted by atomic mass is 16.6. The molecule has 0 radical (unpaired) electrons. The first kappa shape index (κ1) is 20.2. The second-order valence-corrected chi connectivity index (χ2v) is 5.78. The van der Waals surface area contributed by atoms with E-state index in [0.717, 1.165) is 38.5 Å². The van der Waals surface area contributed by atoms with Crippen molar-refractivity contribution in [3.63, 3.8) is 0 Å². The Balaban J connectivity index is 2.22. The van der Waals surface area contributed by atoms with Gasteiger partial charge in [-0.2, -0.15) is 0 Å². The summed E-state index contributed by atoms with van der Waals surface area (Å²) in [4.78, 5) is 33.0. The average molecular weight is 342 g/mol. The number of rotatable bonds is 11. The van der Waals surface area contributed by atoms with E-state index in [4.69, 9.17) is 9.47 Å². The van der Waals surface area contributed by atoms with Crippen molar-refractivity contribution in [1.82, 2.24) is 0 Å². The molecule has 0 aromatic carbocycles. The first-order chi connectivity index (χ1) is 11.4. The van der Waals surface area contributed by atoms with Gasteiger partial charge in [-0.15, -0.1) is 0 Å². The van der Waals surface area contributed by atoms with Crippen molar-refractivity contribution in [2.24, 2.45) is 0 Å². The summed E-state index contributed by atoms with van der Waals surface area (Å²) in [6.45, 7) is 3.15. The summed E-state index contributed by atoms with van der Waals surface area (Å²) < 4.78 is 14.7. The molecule has 1 N–H and O–H groups in total. The van der Waals surface area contributed by atoms with Crippen LogP contribution in [0.1, 0.15) is 58.8 Å². The van der Waals surface area contributed by atoms with Crippen LogP contribution in [0.5, 0.6) is 0 Å². The lowest BCUT2D eigenvalue weighted by Crippen LogP contribution is -2.25. The Kier molecular flexibility index (Phi) is 9.07. The summed E-state index contributed by atoms with van der Waals surface area (Å²) in [5.41, 5.74) is 0.302. The third-order valence-electron chi connectivity index (χ3n) is 3.64. The van der Waals surface area contributed by atoms with Gasteiger partial charge in [-0.25, -0.2) is 4.79 Å². The lowest BCUT2D eigenvalue weighted by Gasteiger charge is -2.19. The highest BCUT2D eigenvalue weighted by Crippen LogP contribution is 2.24. The van der Waals surface area contributed by atoms with Crippen LogP contribution in [0, 0.1) is 0 Å². The molecule has 0 aromatic heterocycles. The number of aliphatic hydroxyl groups is 1. The molecule has 0 bridgehead atoms. The maximum Gasteiger partial charge on any atom is 0.333 e. The van der Waals surface area contributed by atoms with Gasteiger partial charge in [-0.3, -0.25) is 9.59 Å². The maximum atomic E-state index is 11.2. The van der Waals surface area contributed by atoms with Crippen molar-refractivity contribution in [3.05, 3.63) is 11.6 Å². The Hall–Kier alpha value is -1.89. The Morgan fingerprint density at radius 2 is 1.75 bits per heavy atom. The van der Waals surface area contributed by atoms with E-state index in [1.165, 1.54) is 19.9 Å². The van der Waals surface area contributed by atoms with Gasteiger partial charge in [-0.05, 0) is 19.3 Å². The second-order valence-electron chi connectivity index (χ2n) is 5.78. The molecule has 0 saturated carbocycles. The van der Waals surface area contributed by atoms with Crippen LogP contribution in [0.2, 0.25) is 0 Å². The minimum absolute atomic E-state index is 0.252. The molecule has 0 spiro atoms. The molecule has 0 amide bonds. The molecule has 1 aliphatic heterocycles. The van der Waals surface area contributed by atoms with Crippen molar-refractivity contribution in [2.45, 2.75) is 71.2 Å². The Morgan fingerprint density at radius 1 is 1.12 bits per heavy atom. The quantitative estimate of drug-likeness (QED) is 0.348. The van der Waals surface area contributed by atoms with Crippen molar-refractivity contribution in [1.29, 1.82) is 0 Å². The number of carbonyl (C=O) groups is 3. The third-order valence-corrected chi connectivity index (χ3v) is 3.64. The molecule has 0 aromatic rings. The van der Waals surface area contributed by atoms with Crippen LogP contribution < -0.4 is 0 Å². The molecule has 1 rings (SSSR count). The zero-order chi connectivity index (χ0) is 17.9. The molecule has 0 aliphatic carbocycles. The number of carbonyl (C=O) groups excluding carboxylic acids is 3. The molecule has 0 saturated heterocycles. The van der Waals surface area contributed by atoms with E-state index in [-0.39, 0.29) is 5.97 Å². The maximum absolute atomic E-state index is 11.2. The molecule has 7 nitrogen and oxygen atoms in total. The fourth-order valence-corrected chi connectivity index (χ4v) is 2.52. The van der Waals surface area contributed by atoms with Crippen LogP contribution in [0.15, 0.2) is 11.6 Å². The van der Waals surface area contributed by atoms with E-state index in [1.807, 2.05) is 0 Å². The number of aliphatic hydroxyl groups excluding tert-OH is 1. The summed E-state index contributed by atoms with van der Waals surface area (Å²) in [6, 6.07) is 0. The minimum atomic E-state index is -1.33. The number of unbranched alkanes of at least 4 members (excludes halogenated alkanes) is 5. The van der Waals surface area contributed by atoms with Crippen LogP contribution in [0.25, 0.3) is 0 Å². The summed E-state index contributed by atoms with van der Waals surface area (Å²) in [5.74, 6) is -1.34. The van der Waals surface area contributed by atoms with E-state index >= 15 is 0 Å².